The van der Waals surface area contributed by atoms with Gasteiger partial charge in [0.1, 0.15) is 5.78 Å². The Labute approximate surface area is 58.3 Å². The van der Waals surface area contributed by atoms with E-state index >= 15 is 0 Å². The summed E-state index contributed by atoms with van der Waals surface area (Å²) in [5, 5.41) is 3.16. The molecule has 0 spiro atoms. The van der Waals surface area contributed by atoms with Crippen LogP contribution in [0.15, 0.2) is 0 Å². The lowest BCUT2D eigenvalue weighted by molar-refractivity contribution is -0.122. The van der Waals surface area contributed by atoms with Crippen molar-refractivity contribution in [3.05, 3.63) is 0 Å². The maximum Gasteiger partial charge on any atom is 0.272 e. The average Bonchev–Trinajstić information content (AvgIpc) is 1.60. The van der Waals surface area contributed by atoms with Gasteiger partial charge in [0.05, 0.1) is 6.42 Å². The Hall–Kier alpha value is -0.750. The fourth-order valence-electron chi connectivity index (χ4n) is 0.304. The van der Waals surface area contributed by atoms with Gasteiger partial charge in [0, 0.05) is 0 Å². The highest BCUT2D eigenvalue weighted by molar-refractivity contribution is 8.04. The lowest BCUT2D eigenvalue weighted by atomic mass is 10.3. The number of ketones is 1. The van der Waals surface area contributed by atoms with E-state index in [2.05, 4.69) is 5.14 Å². The molecular formula is C4H7NO4S. The lowest BCUT2D eigenvalue weighted by Gasteiger charge is -1.90. The smallest absolute Gasteiger partial charge is 0.272 e. The fraction of sp³-hybridized carbons (Fsp3) is 0.500. The largest absolute Gasteiger partial charge is 0.299 e. The van der Waals surface area contributed by atoms with Gasteiger partial charge in [-0.25, -0.2) is 13.6 Å². The van der Waals surface area contributed by atoms with Crippen LogP contribution in [0.3, 0.4) is 0 Å². The minimum Gasteiger partial charge on any atom is -0.299 e. The van der Waals surface area contributed by atoms with Crippen molar-refractivity contribution in [2.45, 2.75) is 13.3 Å². The second-order valence-corrected chi connectivity index (χ2v) is 3.34. The van der Waals surface area contributed by atoms with Gasteiger partial charge in [0.2, 0.25) is 0 Å². The van der Waals surface area contributed by atoms with Crippen LogP contribution < -0.4 is 5.14 Å². The number of hydrogen-bond donors (Lipinski definition) is 1. The molecule has 5 nitrogen and oxygen atoms in total. The average molecular weight is 165 g/mol. The van der Waals surface area contributed by atoms with Crippen molar-refractivity contribution in [1.29, 1.82) is 0 Å². The van der Waals surface area contributed by atoms with Crippen LogP contribution in [0.4, 0.5) is 0 Å². The van der Waals surface area contributed by atoms with E-state index in [1.54, 1.807) is 0 Å². The predicted octanol–water partition coefficient (Wildman–Crippen LogP) is -1.22. The van der Waals surface area contributed by atoms with Gasteiger partial charge in [-0.05, 0) is 6.92 Å². The third-order valence-electron chi connectivity index (χ3n) is 0.711. The molecule has 0 aliphatic heterocycles. The first-order valence-electron chi connectivity index (χ1n) is 2.39. The number of rotatable bonds is 2. The van der Waals surface area contributed by atoms with Gasteiger partial charge in [-0.15, -0.1) is 0 Å². The van der Waals surface area contributed by atoms with Crippen molar-refractivity contribution in [2.75, 3.05) is 0 Å². The molecule has 0 aliphatic carbocycles. The number of carbonyl (C=O) groups is 2. The summed E-state index contributed by atoms with van der Waals surface area (Å²) in [6, 6.07) is 0. The normalized spacial score (nSPS) is 11.0. The van der Waals surface area contributed by atoms with Crippen molar-refractivity contribution < 1.29 is 18.0 Å². The lowest BCUT2D eigenvalue weighted by Crippen LogP contribution is -2.24. The molecule has 0 saturated heterocycles. The molecule has 10 heavy (non-hydrogen) atoms. The molecular weight excluding hydrogens is 158 g/mol. The van der Waals surface area contributed by atoms with Crippen molar-refractivity contribution in [3.8, 4) is 0 Å². The quantitative estimate of drug-likeness (QED) is 0.519. The zero-order valence-electron chi connectivity index (χ0n) is 5.33. The molecule has 0 heterocycles. The predicted molar refractivity (Wildman–Crippen MR) is 33.4 cm³/mol. The van der Waals surface area contributed by atoms with E-state index in [4.69, 9.17) is 0 Å². The van der Waals surface area contributed by atoms with E-state index in [0.717, 1.165) is 6.92 Å². The Morgan fingerprint density at radius 2 is 1.80 bits per heavy atom. The topological polar surface area (TPSA) is 94.3 Å². The van der Waals surface area contributed by atoms with E-state index in [-0.39, 0.29) is 0 Å². The molecule has 0 saturated carbocycles. The summed E-state index contributed by atoms with van der Waals surface area (Å²) in [5.41, 5.74) is 0. The second kappa shape index (κ2) is 2.89. The molecule has 0 aromatic rings. The highest BCUT2D eigenvalue weighted by Crippen LogP contribution is 1.89. The van der Waals surface area contributed by atoms with Gasteiger partial charge in [0.15, 0.2) is 0 Å². The molecule has 0 fully saturated rings. The van der Waals surface area contributed by atoms with E-state index < -0.39 is 27.3 Å². The Bertz CT molecular complexity index is 252. The number of nitrogens with two attached hydrogens (primary N) is 1. The molecule has 0 aromatic heterocycles. The molecule has 0 atom stereocenters. The number of Topliss-reactive ketones (excluding diaryl/α,β-unsaturated/α-hetero) is 1. The fourth-order valence-corrected chi connectivity index (χ4v) is 0.708. The van der Waals surface area contributed by atoms with Gasteiger partial charge < -0.3 is 0 Å². The van der Waals surface area contributed by atoms with Crippen molar-refractivity contribution in [1.82, 2.24) is 0 Å². The van der Waals surface area contributed by atoms with Gasteiger partial charge >= 0.3 is 0 Å². The number of carbonyl (C=O) groups excluding carboxylic acids is 2. The summed E-state index contributed by atoms with van der Waals surface area (Å²) >= 11 is 0. The molecule has 0 bridgehead atoms. The summed E-state index contributed by atoms with van der Waals surface area (Å²) in [4.78, 5) is 20.5. The maximum atomic E-state index is 10.3. The standard InChI is InChI=1S/C4H7NO4S/c1-3(6)2-4(7)10(5,8)9/h2H2,1H3,(H2,5,8,9). The van der Waals surface area contributed by atoms with Crippen LogP contribution >= 0.6 is 0 Å². The summed E-state index contributed by atoms with van der Waals surface area (Å²) in [7, 11) is -4.16. The van der Waals surface area contributed by atoms with E-state index in [1.807, 2.05) is 0 Å². The molecule has 6 heteroatoms. The summed E-state index contributed by atoms with van der Waals surface area (Å²) in [5.74, 6) is -0.515. The van der Waals surface area contributed by atoms with Crippen LogP contribution in [-0.2, 0) is 19.6 Å². The Morgan fingerprint density at radius 1 is 1.40 bits per heavy atom. The molecule has 2 N–H and O–H groups in total. The first-order chi connectivity index (χ1) is 4.34. The zero-order chi connectivity index (χ0) is 8.36. The summed E-state index contributed by atoms with van der Waals surface area (Å²) in [6.45, 7) is 1.11. The summed E-state index contributed by atoms with van der Waals surface area (Å²) in [6.07, 6.45) is -0.640. The molecule has 0 rings (SSSR count). The van der Waals surface area contributed by atoms with Gasteiger partial charge in [0.25, 0.3) is 15.1 Å². The summed E-state index contributed by atoms with van der Waals surface area (Å²) < 4.78 is 20.3. The van der Waals surface area contributed by atoms with Crippen LogP contribution in [0.5, 0.6) is 0 Å². The Balaban J connectivity index is 4.28. The van der Waals surface area contributed by atoms with Crippen molar-refractivity contribution in [3.63, 3.8) is 0 Å². The molecule has 0 radical (unpaired) electrons. The molecule has 58 valence electrons. The Morgan fingerprint density at radius 3 is 1.90 bits per heavy atom. The zero-order valence-corrected chi connectivity index (χ0v) is 6.14. The minimum atomic E-state index is -4.16. The van der Waals surface area contributed by atoms with Crippen LogP contribution in [0.1, 0.15) is 13.3 Å². The van der Waals surface area contributed by atoms with Gasteiger partial charge in [-0.3, -0.25) is 9.59 Å². The molecule has 0 amide bonds. The first kappa shape index (κ1) is 9.25. The number of hydrogen-bond acceptors (Lipinski definition) is 4. The number of sulfonamides is 1. The van der Waals surface area contributed by atoms with Gasteiger partial charge in [-0.2, -0.15) is 0 Å². The third kappa shape index (κ3) is 3.31. The van der Waals surface area contributed by atoms with Crippen LogP contribution in [-0.4, -0.2) is 19.3 Å². The molecule has 0 unspecified atom stereocenters. The second-order valence-electron chi connectivity index (χ2n) is 1.80. The molecule has 0 aromatic carbocycles. The van der Waals surface area contributed by atoms with Crippen molar-refractivity contribution in [2.24, 2.45) is 5.14 Å². The van der Waals surface area contributed by atoms with E-state index in [0.29, 0.717) is 0 Å². The highest BCUT2D eigenvalue weighted by Gasteiger charge is 2.17. The van der Waals surface area contributed by atoms with Crippen LogP contribution in [0.25, 0.3) is 0 Å². The Kier molecular flexibility index (Phi) is 2.67. The van der Waals surface area contributed by atoms with Gasteiger partial charge in [-0.1, -0.05) is 0 Å². The minimum absolute atomic E-state index is 0.515. The van der Waals surface area contributed by atoms with Crippen molar-refractivity contribution >= 4 is 20.9 Å². The van der Waals surface area contributed by atoms with E-state index in [1.165, 1.54) is 0 Å². The van der Waals surface area contributed by atoms with Crippen LogP contribution in [0.2, 0.25) is 0 Å². The SMILES string of the molecule is CC(=O)CC(=O)S(N)(=O)=O. The van der Waals surface area contributed by atoms with Crippen LogP contribution in [0, 0.1) is 0 Å². The maximum absolute atomic E-state index is 10.3. The monoisotopic (exact) mass is 165 g/mol. The van der Waals surface area contributed by atoms with E-state index in [9.17, 15) is 18.0 Å². The third-order valence-corrected chi connectivity index (χ3v) is 1.49. The molecule has 0 aliphatic rings. The first-order valence-corrected chi connectivity index (χ1v) is 3.93. The number of primary sulfonamides is 1. The highest BCUT2D eigenvalue weighted by atomic mass is 32.2.